The van der Waals surface area contributed by atoms with Crippen LogP contribution < -0.4 is 19.7 Å². The quantitative estimate of drug-likeness (QED) is 0.563. The lowest BCUT2D eigenvalue weighted by Gasteiger charge is -2.44. The van der Waals surface area contributed by atoms with Crippen molar-refractivity contribution >= 4 is 28.6 Å². The molecule has 2 aromatic heterocycles. The molecule has 1 aliphatic carbocycles. The van der Waals surface area contributed by atoms with E-state index in [1.807, 2.05) is 17.6 Å². The summed E-state index contributed by atoms with van der Waals surface area (Å²) in [6.07, 6.45) is 9.41. The largest absolute Gasteiger partial charge is 0.493 e. The molecule has 0 radical (unpaired) electrons. The smallest absolute Gasteiger partial charge is 0.276 e. The molecular formula is C27H33N3O5. The number of hydrogen-bond acceptors (Lipinski definition) is 5. The van der Waals surface area contributed by atoms with Gasteiger partial charge in [0.25, 0.3) is 5.91 Å². The number of amides is 2. The van der Waals surface area contributed by atoms with Crippen molar-refractivity contribution in [2.45, 2.75) is 70.0 Å². The average molecular weight is 480 g/mol. The molecule has 5 rings (SSSR count). The molecule has 0 unspecified atom stereocenters. The van der Waals surface area contributed by atoms with Crippen LogP contribution in [-0.2, 0) is 11.3 Å². The van der Waals surface area contributed by atoms with Gasteiger partial charge < -0.3 is 23.8 Å². The van der Waals surface area contributed by atoms with Gasteiger partial charge in [0.05, 0.1) is 32.5 Å². The van der Waals surface area contributed by atoms with Crippen LogP contribution in [0, 0.1) is 0 Å². The number of anilines is 1. The Hall–Kier alpha value is -3.42. The van der Waals surface area contributed by atoms with E-state index in [2.05, 4.69) is 5.32 Å². The third-order valence-electron chi connectivity index (χ3n) is 7.46. The van der Waals surface area contributed by atoms with Gasteiger partial charge in [0, 0.05) is 29.9 Å². The Morgan fingerprint density at radius 1 is 1.03 bits per heavy atom. The van der Waals surface area contributed by atoms with Gasteiger partial charge in [-0.25, -0.2) is 0 Å². The van der Waals surface area contributed by atoms with Gasteiger partial charge in [-0.05, 0) is 31.9 Å². The second kappa shape index (κ2) is 9.32. The first-order valence-corrected chi connectivity index (χ1v) is 12.4. The van der Waals surface area contributed by atoms with Crippen LogP contribution in [0.4, 0.5) is 5.69 Å². The molecule has 0 bridgehead atoms. The van der Waals surface area contributed by atoms with E-state index in [0.29, 0.717) is 35.0 Å². The summed E-state index contributed by atoms with van der Waals surface area (Å²) >= 11 is 0. The average Bonchev–Trinajstić information content (AvgIpc) is 3.43. The van der Waals surface area contributed by atoms with E-state index in [1.54, 1.807) is 49.6 Å². The second-order valence-electron chi connectivity index (χ2n) is 9.76. The zero-order valence-corrected chi connectivity index (χ0v) is 20.6. The van der Waals surface area contributed by atoms with Crippen molar-refractivity contribution in [1.82, 2.24) is 9.88 Å². The van der Waals surface area contributed by atoms with Crippen LogP contribution in [0.5, 0.6) is 11.5 Å². The van der Waals surface area contributed by atoms with Gasteiger partial charge in [-0.15, -0.1) is 0 Å². The van der Waals surface area contributed by atoms with E-state index < -0.39 is 5.54 Å². The van der Waals surface area contributed by atoms with Gasteiger partial charge in [-0.3, -0.25) is 14.5 Å². The summed E-state index contributed by atoms with van der Waals surface area (Å²) in [5, 5.41) is 3.31. The monoisotopic (exact) mass is 479 g/mol. The van der Waals surface area contributed by atoms with Crippen LogP contribution in [-0.4, -0.2) is 42.2 Å². The molecule has 0 spiro atoms. The van der Waals surface area contributed by atoms with E-state index in [-0.39, 0.29) is 17.9 Å². The Balaban J connectivity index is 1.57. The van der Waals surface area contributed by atoms with Crippen LogP contribution >= 0.6 is 0 Å². The molecule has 1 fully saturated rings. The third kappa shape index (κ3) is 4.05. The predicted molar refractivity (Wildman–Crippen MR) is 133 cm³/mol. The maximum absolute atomic E-state index is 14.0. The molecule has 8 heteroatoms. The number of carbonyl (C=O) groups is 2. The standard InChI is InChI=1S/C27H33N3O5/c1-27(26(32)28-18-9-7-5-4-6-8-10-18)17-29-20-13-14-35-23(20)16-21(29)25(31)30(27)19-11-12-22(33-2)24(15-19)34-3/h11-16,18H,4-10,17H2,1-3H3,(H,28,32)/t27-/m1/s1. The minimum Gasteiger partial charge on any atom is -0.493 e. The number of benzene rings is 1. The minimum atomic E-state index is -1.16. The fourth-order valence-corrected chi connectivity index (χ4v) is 5.52. The van der Waals surface area contributed by atoms with Crippen LogP contribution in [0.2, 0.25) is 0 Å². The molecule has 1 N–H and O–H groups in total. The van der Waals surface area contributed by atoms with E-state index in [4.69, 9.17) is 13.9 Å². The zero-order valence-electron chi connectivity index (χ0n) is 20.6. The highest BCUT2D eigenvalue weighted by atomic mass is 16.5. The zero-order chi connectivity index (χ0) is 24.6. The number of nitrogens with zero attached hydrogens (tertiary/aromatic N) is 2. The summed E-state index contributed by atoms with van der Waals surface area (Å²) in [4.78, 5) is 29.6. The molecule has 2 amide bonds. The van der Waals surface area contributed by atoms with Crippen molar-refractivity contribution in [3.63, 3.8) is 0 Å². The fourth-order valence-electron chi connectivity index (χ4n) is 5.52. The highest BCUT2D eigenvalue weighted by Gasteiger charge is 2.49. The number of methoxy groups -OCH3 is 2. The summed E-state index contributed by atoms with van der Waals surface area (Å²) in [5.41, 5.74) is 1.35. The number of carbonyl (C=O) groups excluding carboxylic acids is 2. The summed E-state index contributed by atoms with van der Waals surface area (Å²) in [6, 6.07) is 9.00. The van der Waals surface area contributed by atoms with Crippen molar-refractivity contribution in [3.8, 4) is 11.5 Å². The summed E-state index contributed by atoms with van der Waals surface area (Å²) in [6.45, 7) is 2.15. The number of rotatable bonds is 5. The molecule has 1 aliphatic heterocycles. The lowest BCUT2D eigenvalue weighted by atomic mass is 9.91. The SMILES string of the molecule is COc1ccc(N2C(=O)c3cc4occc4n3C[C@]2(C)C(=O)NC2CCCCCCC2)cc1OC. The Bertz CT molecular complexity index is 1240. The Kier molecular flexibility index (Phi) is 6.21. The van der Waals surface area contributed by atoms with Gasteiger partial charge in [0.2, 0.25) is 5.91 Å². The third-order valence-corrected chi connectivity index (χ3v) is 7.46. The van der Waals surface area contributed by atoms with Crippen molar-refractivity contribution in [2.24, 2.45) is 0 Å². The van der Waals surface area contributed by atoms with Crippen molar-refractivity contribution < 1.29 is 23.5 Å². The molecule has 0 saturated heterocycles. The lowest BCUT2D eigenvalue weighted by molar-refractivity contribution is -0.127. The first kappa shape index (κ1) is 23.3. The highest BCUT2D eigenvalue weighted by molar-refractivity contribution is 6.13. The molecule has 8 nitrogen and oxygen atoms in total. The number of ether oxygens (including phenoxy) is 2. The van der Waals surface area contributed by atoms with Gasteiger partial charge in [-0.1, -0.05) is 32.1 Å². The number of aromatic nitrogens is 1. The van der Waals surface area contributed by atoms with Crippen molar-refractivity contribution in [1.29, 1.82) is 0 Å². The molecule has 2 aliphatic rings. The highest BCUT2D eigenvalue weighted by Crippen LogP contribution is 2.39. The number of furan rings is 1. The summed E-state index contributed by atoms with van der Waals surface area (Å²) in [5.74, 6) is 0.643. The number of fused-ring (bicyclic) bond motifs is 3. The van der Waals surface area contributed by atoms with Crippen LogP contribution in [0.15, 0.2) is 41.0 Å². The van der Waals surface area contributed by atoms with E-state index in [0.717, 1.165) is 31.2 Å². The second-order valence-corrected chi connectivity index (χ2v) is 9.76. The normalized spacial score (nSPS) is 21.3. The lowest BCUT2D eigenvalue weighted by Crippen LogP contribution is -2.65. The molecule has 3 aromatic rings. The first-order chi connectivity index (χ1) is 17.0. The fraction of sp³-hybridized carbons (Fsp3) is 0.481. The van der Waals surface area contributed by atoms with Crippen molar-refractivity contribution in [3.05, 3.63) is 42.3 Å². The van der Waals surface area contributed by atoms with Gasteiger partial charge in [-0.2, -0.15) is 0 Å². The molecule has 1 saturated carbocycles. The Labute approximate surface area is 205 Å². The molecule has 1 atom stereocenters. The van der Waals surface area contributed by atoms with Crippen LogP contribution in [0.25, 0.3) is 11.1 Å². The molecule has 35 heavy (non-hydrogen) atoms. The van der Waals surface area contributed by atoms with Crippen LogP contribution in [0.1, 0.15) is 62.4 Å². The first-order valence-electron chi connectivity index (χ1n) is 12.4. The molecular weight excluding hydrogens is 446 g/mol. The summed E-state index contributed by atoms with van der Waals surface area (Å²) < 4.78 is 18.4. The minimum absolute atomic E-state index is 0.113. The maximum atomic E-state index is 14.0. The Morgan fingerprint density at radius 2 is 1.74 bits per heavy atom. The van der Waals surface area contributed by atoms with Crippen molar-refractivity contribution in [2.75, 3.05) is 19.1 Å². The maximum Gasteiger partial charge on any atom is 0.276 e. The van der Waals surface area contributed by atoms with E-state index in [9.17, 15) is 9.59 Å². The Morgan fingerprint density at radius 3 is 2.46 bits per heavy atom. The molecule has 3 heterocycles. The molecule has 186 valence electrons. The van der Waals surface area contributed by atoms with Gasteiger partial charge in [0.1, 0.15) is 11.2 Å². The predicted octanol–water partition coefficient (Wildman–Crippen LogP) is 4.90. The number of hydrogen-bond donors (Lipinski definition) is 1. The topological polar surface area (TPSA) is 85.9 Å². The van der Waals surface area contributed by atoms with Crippen LogP contribution in [0.3, 0.4) is 0 Å². The van der Waals surface area contributed by atoms with Gasteiger partial charge in [0.15, 0.2) is 17.1 Å². The summed E-state index contributed by atoms with van der Waals surface area (Å²) in [7, 11) is 3.12. The van der Waals surface area contributed by atoms with E-state index in [1.165, 1.54) is 19.3 Å². The molecule has 1 aromatic carbocycles. The number of nitrogens with one attached hydrogen (secondary N) is 1. The van der Waals surface area contributed by atoms with E-state index >= 15 is 0 Å². The van der Waals surface area contributed by atoms with Gasteiger partial charge >= 0.3 is 0 Å².